The van der Waals surface area contributed by atoms with Gasteiger partial charge in [-0.3, -0.25) is 9.80 Å². The number of hydrazone groups is 1. The van der Waals surface area contributed by atoms with E-state index in [0.29, 0.717) is 35.7 Å². The van der Waals surface area contributed by atoms with Gasteiger partial charge in [0.1, 0.15) is 12.0 Å². The SMILES string of the molecule is COCCNC(=O)C1CN2N=CN=C(N)C2=C1c1ccc(NC(=O)Nc2ccc(Cl)c(C(F)(F)F)c2)cc1. The first-order valence-corrected chi connectivity index (χ1v) is 11.7. The number of aliphatic imine (C=N–C) groups is 1. The smallest absolute Gasteiger partial charge is 0.383 e. The van der Waals surface area contributed by atoms with Crippen molar-refractivity contribution in [1.29, 1.82) is 0 Å². The van der Waals surface area contributed by atoms with Crippen molar-refractivity contribution in [3.63, 3.8) is 0 Å². The summed E-state index contributed by atoms with van der Waals surface area (Å²) in [4.78, 5) is 29.4. The zero-order valence-electron chi connectivity index (χ0n) is 20.0. The van der Waals surface area contributed by atoms with Crippen LogP contribution in [0.4, 0.5) is 29.3 Å². The third kappa shape index (κ3) is 5.89. The largest absolute Gasteiger partial charge is 0.417 e. The molecular formula is C24H23ClF3N7O3. The first-order chi connectivity index (χ1) is 18.1. The Morgan fingerprint density at radius 3 is 2.53 bits per heavy atom. The molecule has 0 aliphatic carbocycles. The third-order valence-corrected chi connectivity index (χ3v) is 6.08. The van der Waals surface area contributed by atoms with Gasteiger partial charge in [-0.05, 0) is 35.9 Å². The summed E-state index contributed by atoms with van der Waals surface area (Å²) >= 11 is 5.62. The number of halogens is 4. The predicted molar refractivity (Wildman–Crippen MR) is 138 cm³/mol. The van der Waals surface area contributed by atoms with Crippen molar-refractivity contribution < 1.29 is 27.5 Å². The number of amidine groups is 1. The number of benzene rings is 2. The van der Waals surface area contributed by atoms with E-state index in [4.69, 9.17) is 22.1 Å². The molecule has 38 heavy (non-hydrogen) atoms. The number of alkyl halides is 3. The molecular weight excluding hydrogens is 527 g/mol. The van der Waals surface area contributed by atoms with E-state index in [1.165, 1.54) is 19.5 Å². The van der Waals surface area contributed by atoms with E-state index in [1.54, 1.807) is 29.3 Å². The minimum absolute atomic E-state index is 0.0798. The Hall–Kier alpha value is -4.10. The molecule has 1 unspecified atom stereocenters. The van der Waals surface area contributed by atoms with Crippen LogP contribution in [0.25, 0.3) is 5.57 Å². The number of amides is 3. The first kappa shape index (κ1) is 26.9. The number of rotatable bonds is 7. The van der Waals surface area contributed by atoms with Gasteiger partial charge in [-0.1, -0.05) is 23.7 Å². The van der Waals surface area contributed by atoms with E-state index in [2.05, 4.69) is 26.0 Å². The number of hydrogen-bond acceptors (Lipinski definition) is 7. The van der Waals surface area contributed by atoms with Crippen LogP contribution >= 0.6 is 11.6 Å². The standard InChI is InChI=1S/C24H23ClF3N7O3/c1-38-9-8-30-22(36)16-11-35-20(21(29)31-12-32-35)19(16)13-2-4-14(5-3-13)33-23(37)34-15-6-7-18(25)17(10-15)24(26,27)28/h2-7,10,12,16H,8-9,11H2,1H3,(H,30,36)(H2,29,31,32)(H2,33,34,37). The van der Waals surface area contributed by atoms with Crippen LogP contribution in [0.3, 0.4) is 0 Å². The predicted octanol–water partition coefficient (Wildman–Crippen LogP) is 3.72. The lowest BCUT2D eigenvalue weighted by atomic mass is 9.92. The van der Waals surface area contributed by atoms with Crippen molar-refractivity contribution in [3.05, 3.63) is 64.3 Å². The van der Waals surface area contributed by atoms with Gasteiger partial charge >= 0.3 is 12.2 Å². The Bertz CT molecular complexity index is 1330. The Labute approximate surface area is 220 Å². The van der Waals surface area contributed by atoms with Gasteiger partial charge in [0.2, 0.25) is 5.91 Å². The van der Waals surface area contributed by atoms with Crippen LogP contribution in [0.2, 0.25) is 5.02 Å². The third-order valence-electron chi connectivity index (χ3n) is 5.75. The maximum Gasteiger partial charge on any atom is 0.417 e. The maximum atomic E-state index is 13.1. The second kappa shape index (κ2) is 11.1. The molecule has 4 rings (SSSR count). The number of hydrogen-bond donors (Lipinski definition) is 4. The van der Waals surface area contributed by atoms with Crippen LogP contribution in [0, 0.1) is 5.92 Å². The fourth-order valence-corrected chi connectivity index (χ4v) is 4.27. The maximum absolute atomic E-state index is 13.1. The lowest BCUT2D eigenvalue weighted by Gasteiger charge is -2.18. The molecule has 0 fully saturated rings. The number of anilines is 2. The number of nitrogens with zero attached hydrogens (tertiary/aromatic N) is 3. The monoisotopic (exact) mass is 549 g/mol. The van der Waals surface area contributed by atoms with Gasteiger partial charge in [-0.2, -0.15) is 18.3 Å². The average molecular weight is 550 g/mol. The molecule has 2 aliphatic heterocycles. The van der Waals surface area contributed by atoms with Crippen LogP contribution in [-0.2, 0) is 15.7 Å². The number of fused-ring (bicyclic) bond motifs is 1. The molecule has 1 atom stereocenters. The molecule has 2 heterocycles. The highest BCUT2D eigenvalue weighted by atomic mass is 35.5. The zero-order valence-corrected chi connectivity index (χ0v) is 20.7. The number of nitrogens with two attached hydrogens (primary N) is 1. The highest BCUT2D eigenvalue weighted by molar-refractivity contribution is 6.31. The fraction of sp³-hybridized carbons (Fsp3) is 0.250. The molecule has 3 amide bonds. The van der Waals surface area contributed by atoms with Gasteiger partial charge in [-0.15, -0.1) is 0 Å². The summed E-state index contributed by atoms with van der Waals surface area (Å²) in [5.41, 5.74) is 7.13. The van der Waals surface area contributed by atoms with E-state index < -0.39 is 28.7 Å². The first-order valence-electron chi connectivity index (χ1n) is 11.3. The highest BCUT2D eigenvalue weighted by Crippen LogP contribution is 2.38. The second-order valence-electron chi connectivity index (χ2n) is 8.27. The van der Waals surface area contributed by atoms with Crippen LogP contribution in [0.15, 0.2) is 58.3 Å². The molecule has 0 saturated carbocycles. The molecule has 14 heteroatoms. The van der Waals surface area contributed by atoms with Gasteiger partial charge in [-0.25, -0.2) is 9.79 Å². The molecule has 0 spiro atoms. The average Bonchev–Trinajstić information content (AvgIpc) is 3.26. The van der Waals surface area contributed by atoms with E-state index >= 15 is 0 Å². The zero-order chi connectivity index (χ0) is 27.4. The number of nitrogens with one attached hydrogen (secondary N) is 3. The van der Waals surface area contributed by atoms with Crippen LogP contribution in [0.5, 0.6) is 0 Å². The lowest BCUT2D eigenvalue weighted by molar-refractivity contribution is -0.137. The normalized spacial score (nSPS) is 16.7. The van der Waals surface area contributed by atoms with Crippen molar-refractivity contribution in [2.45, 2.75) is 6.18 Å². The Kier molecular flexibility index (Phi) is 7.88. The summed E-state index contributed by atoms with van der Waals surface area (Å²) in [6.45, 7) is 0.947. The summed E-state index contributed by atoms with van der Waals surface area (Å²) in [6.07, 6.45) is -3.35. The quantitative estimate of drug-likeness (QED) is 0.391. The van der Waals surface area contributed by atoms with Gasteiger partial charge in [0.05, 0.1) is 29.7 Å². The number of urea groups is 1. The van der Waals surface area contributed by atoms with E-state index in [1.807, 2.05) is 0 Å². The summed E-state index contributed by atoms with van der Waals surface area (Å²) in [6, 6.07) is 8.87. The van der Waals surface area contributed by atoms with Crippen molar-refractivity contribution in [1.82, 2.24) is 10.3 Å². The minimum Gasteiger partial charge on any atom is -0.383 e. The number of carbonyl (C=O) groups is 2. The van der Waals surface area contributed by atoms with Gasteiger partial charge < -0.3 is 26.4 Å². The van der Waals surface area contributed by atoms with Gasteiger partial charge in [0.25, 0.3) is 0 Å². The van der Waals surface area contributed by atoms with E-state index in [-0.39, 0.29) is 24.0 Å². The molecule has 2 aromatic rings. The molecule has 2 aliphatic rings. The minimum atomic E-state index is -4.66. The molecule has 200 valence electrons. The van der Waals surface area contributed by atoms with Crippen molar-refractivity contribution in [2.24, 2.45) is 21.7 Å². The van der Waals surface area contributed by atoms with E-state index in [0.717, 1.165) is 12.1 Å². The fourth-order valence-electron chi connectivity index (χ4n) is 4.04. The van der Waals surface area contributed by atoms with Crippen LogP contribution < -0.4 is 21.7 Å². The summed E-state index contributed by atoms with van der Waals surface area (Å²) < 4.78 is 44.3. The molecule has 0 aromatic heterocycles. The molecule has 2 aromatic carbocycles. The number of carbonyl (C=O) groups excluding carboxylic acids is 2. The lowest BCUT2D eigenvalue weighted by Crippen LogP contribution is -2.35. The Morgan fingerprint density at radius 2 is 1.84 bits per heavy atom. The summed E-state index contributed by atoms with van der Waals surface area (Å²) in [7, 11) is 1.53. The Balaban J connectivity index is 1.51. The van der Waals surface area contributed by atoms with E-state index in [9.17, 15) is 22.8 Å². The van der Waals surface area contributed by atoms with Crippen molar-refractivity contribution >= 4 is 52.7 Å². The van der Waals surface area contributed by atoms with Crippen LogP contribution in [-0.4, -0.2) is 55.9 Å². The number of methoxy groups -OCH3 is 1. The van der Waals surface area contributed by atoms with Gasteiger partial charge in [0, 0.05) is 30.6 Å². The van der Waals surface area contributed by atoms with Crippen molar-refractivity contribution in [2.75, 3.05) is 37.4 Å². The second-order valence-corrected chi connectivity index (χ2v) is 8.68. The molecule has 0 saturated heterocycles. The van der Waals surface area contributed by atoms with Crippen molar-refractivity contribution in [3.8, 4) is 0 Å². The molecule has 0 radical (unpaired) electrons. The highest BCUT2D eigenvalue weighted by Gasteiger charge is 2.39. The summed E-state index contributed by atoms with van der Waals surface area (Å²) in [5, 5.41) is 13.1. The Morgan fingerprint density at radius 1 is 1.16 bits per heavy atom. The van der Waals surface area contributed by atoms with Gasteiger partial charge in [0.15, 0.2) is 5.84 Å². The van der Waals surface area contributed by atoms with Crippen LogP contribution in [0.1, 0.15) is 11.1 Å². The topological polar surface area (TPSA) is 133 Å². The molecule has 10 nitrogen and oxygen atoms in total. The molecule has 0 bridgehead atoms. The summed E-state index contributed by atoms with van der Waals surface area (Å²) in [5.74, 6) is -0.615. The molecule has 5 N–H and O–H groups in total. The number of ether oxygens (including phenoxy) is 1.